The number of rotatable bonds is 7. The first-order valence-corrected chi connectivity index (χ1v) is 8.99. The molecular formula is C19H29N3O3. The van der Waals surface area contributed by atoms with Crippen LogP contribution in [-0.4, -0.2) is 50.0 Å². The number of methoxy groups -OCH3 is 1. The molecule has 0 radical (unpaired) electrons. The summed E-state index contributed by atoms with van der Waals surface area (Å²) >= 11 is 0. The quantitative estimate of drug-likeness (QED) is 0.739. The smallest absolute Gasteiger partial charge is 0.234 e. The number of hydrogen-bond donors (Lipinski definition) is 2. The fourth-order valence-electron chi connectivity index (χ4n) is 3.24. The van der Waals surface area contributed by atoms with E-state index in [1.165, 1.54) is 25.3 Å². The van der Waals surface area contributed by atoms with E-state index >= 15 is 0 Å². The van der Waals surface area contributed by atoms with Crippen molar-refractivity contribution in [3.8, 4) is 5.75 Å². The minimum atomic E-state index is -0.0821. The van der Waals surface area contributed by atoms with Gasteiger partial charge in [-0.2, -0.15) is 0 Å². The van der Waals surface area contributed by atoms with Crippen LogP contribution in [-0.2, 0) is 9.59 Å². The van der Waals surface area contributed by atoms with Gasteiger partial charge in [0, 0.05) is 26.1 Å². The van der Waals surface area contributed by atoms with E-state index in [0.717, 1.165) is 25.1 Å². The van der Waals surface area contributed by atoms with Gasteiger partial charge in [-0.1, -0.05) is 25.0 Å². The zero-order valence-corrected chi connectivity index (χ0v) is 15.2. The summed E-state index contributed by atoms with van der Waals surface area (Å²) in [4.78, 5) is 25.4. The third-order valence-electron chi connectivity index (χ3n) is 4.53. The molecule has 25 heavy (non-hydrogen) atoms. The Hall–Kier alpha value is -2.08. The highest BCUT2D eigenvalue weighted by atomic mass is 16.5. The Morgan fingerprint density at radius 3 is 2.52 bits per heavy atom. The van der Waals surface area contributed by atoms with Gasteiger partial charge in [0.25, 0.3) is 0 Å². The number of carbonyl (C=O) groups excluding carboxylic acids is 2. The average Bonchev–Trinajstić information content (AvgIpc) is 2.84. The highest BCUT2D eigenvalue weighted by Gasteiger charge is 2.24. The van der Waals surface area contributed by atoms with Crippen LogP contribution in [0.15, 0.2) is 24.3 Å². The molecule has 2 rings (SSSR count). The molecule has 0 aromatic heterocycles. The average molecular weight is 347 g/mol. The second-order valence-electron chi connectivity index (χ2n) is 6.44. The van der Waals surface area contributed by atoms with Gasteiger partial charge >= 0.3 is 0 Å². The summed E-state index contributed by atoms with van der Waals surface area (Å²) in [6.45, 7) is 3.70. The fourth-order valence-corrected chi connectivity index (χ4v) is 3.24. The van der Waals surface area contributed by atoms with Gasteiger partial charge in [-0.15, -0.1) is 0 Å². The van der Waals surface area contributed by atoms with Crippen molar-refractivity contribution in [3.63, 3.8) is 0 Å². The van der Waals surface area contributed by atoms with Crippen molar-refractivity contribution < 1.29 is 14.3 Å². The molecule has 6 nitrogen and oxygen atoms in total. The Bertz CT molecular complexity index is 560. The lowest BCUT2D eigenvalue weighted by Crippen LogP contribution is -2.41. The lowest BCUT2D eigenvalue weighted by Gasteiger charge is -2.29. The SMILES string of the molecule is COc1ccc(C2CCCCCN2CC(=O)NCCNC(C)=O)cc1. The van der Waals surface area contributed by atoms with E-state index in [1.54, 1.807) is 7.11 Å². The molecule has 0 bridgehead atoms. The Labute approximate surface area is 149 Å². The Morgan fingerprint density at radius 1 is 1.12 bits per heavy atom. The van der Waals surface area contributed by atoms with Gasteiger partial charge < -0.3 is 15.4 Å². The van der Waals surface area contributed by atoms with Crippen molar-refractivity contribution in [1.29, 1.82) is 0 Å². The zero-order chi connectivity index (χ0) is 18.1. The molecule has 2 N–H and O–H groups in total. The molecule has 2 amide bonds. The molecule has 1 unspecified atom stereocenters. The van der Waals surface area contributed by atoms with Crippen molar-refractivity contribution in [1.82, 2.24) is 15.5 Å². The molecule has 138 valence electrons. The fraction of sp³-hybridized carbons (Fsp3) is 0.579. The molecule has 1 fully saturated rings. The van der Waals surface area contributed by atoms with Crippen LogP contribution in [0.4, 0.5) is 0 Å². The topological polar surface area (TPSA) is 70.7 Å². The maximum atomic E-state index is 12.3. The molecule has 6 heteroatoms. The van der Waals surface area contributed by atoms with Crippen LogP contribution in [0.25, 0.3) is 0 Å². The van der Waals surface area contributed by atoms with Crippen LogP contribution in [0.1, 0.15) is 44.2 Å². The highest BCUT2D eigenvalue weighted by Crippen LogP contribution is 2.30. The largest absolute Gasteiger partial charge is 0.497 e. The first-order valence-electron chi connectivity index (χ1n) is 8.99. The molecule has 1 saturated heterocycles. The number of carbonyl (C=O) groups is 2. The van der Waals surface area contributed by atoms with Gasteiger partial charge in [0.1, 0.15) is 5.75 Å². The van der Waals surface area contributed by atoms with Crippen molar-refractivity contribution in [2.24, 2.45) is 0 Å². The van der Waals surface area contributed by atoms with E-state index in [-0.39, 0.29) is 17.9 Å². The van der Waals surface area contributed by atoms with Crippen LogP contribution >= 0.6 is 0 Å². The van der Waals surface area contributed by atoms with Crippen molar-refractivity contribution >= 4 is 11.8 Å². The molecular weight excluding hydrogens is 318 g/mol. The number of nitrogens with one attached hydrogen (secondary N) is 2. The second kappa shape index (κ2) is 10.0. The predicted octanol–water partition coefficient (Wildman–Crippen LogP) is 1.86. The molecule has 1 aromatic carbocycles. The zero-order valence-electron chi connectivity index (χ0n) is 15.2. The minimum Gasteiger partial charge on any atom is -0.497 e. The van der Waals surface area contributed by atoms with Crippen LogP contribution < -0.4 is 15.4 Å². The molecule has 0 saturated carbocycles. The summed E-state index contributed by atoms with van der Waals surface area (Å²) in [7, 11) is 1.66. The van der Waals surface area contributed by atoms with E-state index in [0.29, 0.717) is 19.6 Å². The molecule has 1 heterocycles. The predicted molar refractivity (Wildman–Crippen MR) is 97.5 cm³/mol. The van der Waals surface area contributed by atoms with Gasteiger partial charge in [-0.25, -0.2) is 0 Å². The number of ether oxygens (including phenoxy) is 1. The lowest BCUT2D eigenvalue weighted by molar-refractivity contribution is -0.123. The standard InChI is InChI=1S/C19H29N3O3/c1-15(23)20-11-12-21-19(24)14-22-13-5-3-4-6-18(22)16-7-9-17(25-2)10-8-16/h7-10,18H,3-6,11-14H2,1-2H3,(H,20,23)(H,21,24). The van der Waals surface area contributed by atoms with E-state index in [1.807, 2.05) is 12.1 Å². The maximum absolute atomic E-state index is 12.3. The molecule has 0 spiro atoms. The van der Waals surface area contributed by atoms with Crippen molar-refractivity contribution in [2.45, 2.75) is 38.6 Å². The first kappa shape index (κ1) is 19.2. The van der Waals surface area contributed by atoms with Crippen LogP contribution in [0.2, 0.25) is 0 Å². The maximum Gasteiger partial charge on any atom is 0.234 e. The van der Waals surface area contributed by atoms with Crippen molar-refractivity contribution in [3.05, 3.63) is 29.8 Å². The Morgan fingerprint density at radius 2 is 1.84 bits per heavy atom. The Kier molecular flexibility index (Phi) is 7.73. The number of hydrogen-bond acceptors (Lipinski definition) is 4. The number of amides is 2. The lowest BCUT2D eigenvalue weighted by atomic mass is 10.0. The van der Waals surface area contributed by atoms with Crippen molar-refractivity contribution in [2.75, 3.05) is 33.3 Å². The van der Waals surface area contributed by atoms with Crippen LogP contribution in [0.3, 0.4) is 0 Å². The minimum absolute atomic E-state index is 0.00534. The van der Waals surface area contributed by atoms with E-state index in [4.69, 9.17) is 4.74 Å². The number of likely N-dealkylation sites (tertiary alicyclic amines) is 1. The number of benzene rings is 1. The number of nitrogens with zero attached hydrogens (tertiary/aromatic N) is 1. The third kappa shape index (κ3) is 6.38. The van der Waals surface area contributed by atoms with Crippen LogP contribution in [0, 0.1) is 0 Å². The van der Waals surface area contributed by atoms with Gasteiger partial charge in [-0.05, 0) is 37.1 Å². The van der Waals surface area contributed by atoms with Gasteiger partial charge in [0.2, 0.25) is 11.8 Å². The normalized spacial score (nSPS) is 18.2. The summed E-state index contributed by atoms with van der Waals surface area (Å²) in [5.74, 6) is 0.770. The van der Waals surface area contributed by atoms with Crippen LogP contribution in [0.5, 0.6) is 5.75 Å². The molecule has 1 aliphatic heterocycles. The third-order valence-corrected chi connectivity index (χ3v) is 4.53. The van der Waals surface area contributed by atoms with E-state index in [2.05, 4.69) is 27.7 Å². The van der Waals surface area contributed by atoms with Gasteiger partial charge in [0.15, 0.2) is 0 Å². The molecule has 1 aliphatic rings. The highest BCUT2D eigenvalue weighted by molar-refractivity contribution is 5.78. The van der Waals surface area contributed by atoms with Gasteiger partial charge in [0.05, 0.1) is 13.7 Å². The summed E-state index contributed by atoms with van der Waals surface area (Å²) in [6, 6.07) is 8.40. The molecule has 1 aromatic rings. The van der Waals surface area contributed by atoms with E-state index < -0.39 is 0 Å². The van der Waals surface area contributed by atoms with Gasteiger partial charge in [-0.3, -0.25) is 14.5 Å². The van der Waals surface area contributed by atoms with E-state index in [9.17, 15) is 9.59 Å². The summed E-state index contributed by atoms with van der Waals surface area (Å²) < 4.78 is 5.24. The first-order chi connectivity index (χ1) is 12.1. The summed E-state index contributed by atoms with van der Waals surface area (Å²) in [5, 5.41) is 5.56. The second-order valence-corrected chi connectivity index (χ2v) is 6.44. The monoisotopic (exact) mass is 347 g/mol. The molecule has 0 aliphatic carbocycles. The summed E-state index contributed by atoms with van der Waals surface area (Å²) in [5.41, 5.74) is 1.23. The molecule has 1 atom stereocenters. The Balaban J connectivity index is 1.94. The summed E-state index contributed by atoms with van der Waals surface area (Å²) in [6.07, 6.45) is 4.56.